The Morgan fingerprint density at radius 2 is 1.83 bits per heavy atom. The van der Waals surface area contributed by atoms with Crippen LogP contribution in [0.1, 0.15) is 35.8 Å². The molecule has 158 valence electrons. The number of hydrogen-bond donors (Lipinski definition) is 1. The molecular formula is C21H25N5O3S. The number of nitrogens with one attached hydrogen (secondary N) is 1. The van der Waals surface area contributed by atoms with Crippen LogP contribution in [0, 0.1) is 12.8 Å². The maximum Gasteiger partial charge on any atom is 0.257 e. The van der Waals surface area contributed by atoms with Gasteiger partial charge in [-0.25, -0.2) is 13.4 Å². The average Bonchev–Trinajstić information content (AvgIpc) is 3.02. The van der Waals surface area contributed by atoms with E-state index >= 15 is 0 Å². The first-order valence-electron chi connectivity index (χ1n) is 9.96. The van der Waals surface area contributed by atoms with Gasteiger partial charge in [-0.2, -0.15) is 9.40 Å². The highest BCUT2D eigenvalue weighted by Crippen LogP contribution is 2.24. The van der Waals surface area contributed by atoms with Crippen molar-refractivity contribution in [2.75, 3.05) is 18.4 Å². The number of aryl methyl sites for hydroxylation is 2. The lowest BCUT2D eigenvalue weighted by Crippen LogP contribution is -2.37. The Labute approximate surface area is 176 Å². The Bertz CT molecular complexity index is 1190. The van der Waals surface area contributed by atoms with E-state index in [0.717, 1.165) is 23.9 Å². The number of carbonyl (C=O) groups is 1. The van der Waals surface area contributed by atoms with Gasteiger partial charge in [0.2, 0.25) is 10.0 Å². The molecule has 0 spiro atoms. The van der Waals surface area contributed by atoms with Crippen molar-refractivity contribution in [1.29, 1.82) is 0 Å². The van der Waals surface area contributed by atoms with Gasteiger partial charge in [0.05, 0.1) is 16.2 Å². The van der Waals surface area contributed by atoms with Crippen LogP contribution in [0.15, 0.2) is 41.4 Å². The summed E-state index contributed by atoms with van der Waals surface area (Å²) in [5.74, 6) is 0.242. The van der Waals surface area contributed by atoms with Gasteiger partial charge in [-0.3, -0.25) is 9.48 Å². The summed E-state index contributed by atoms with van der Waals surface area (Å²) >= 11 is 0. The SMILES string of the molecule is Cc1nn(C)c2ncc(C(=O)Nc3ccc(S(=O)(=O)N4CCC(C)CC4)cc3)cc12. The van der Waals surface area contributed by atoms with Crippen LogP contribution in [0.2, 0.25) is 0 Å². The fraction of sp³-hybridized carbons (Fsp3) is 0.381. The largest absolute Gasteiger partial charge is 0.322 e. The summed E-state index contributed by atoms with van der Waals surface area (Å²) in [5.41, 5.74) is 2.45. The number of benzene rings is 1. The van der Waals surface area contributed by atoms with Crippen molar-refractivity contribution in [1.82, 2.24) is 19.1 Å². The van der Waals surface area contributed by atoms with E-state index in [2.05, 4.69) is 22.3 Å². The molecule has 2 aromatic heterocycles. The number of nitrogens with zero attached hydrogens (tertiary/aromatic N) is 4. The normalized spacial score (nSPS) is 16.1. The van der Waals surface area contributed by atoms with Gasteiger partial charge in [-0.05, 0) is 56.0 Å². The fourth-order valence-corrected chi connectivity index (χ4v) is 5.19. The lowest BCUT2D eigenvalue weighted by Gasteiger charge is -2.29. The maximum atomic E-state index is 12.8. The number of aromatic nitrogens is 3. The molecule has 1 amide bonds. The van der Waals surface area contributed by atoms with Gasteiger partial charge in [0.25, 0.3) is 5.91 Å². The predicted molar refractivity (Wildman–Crippen MR) is 115 cm³/mol. The molecule has 1 aliphatic rings. The first-order chi connectivity index (χ1) is 14.3. The van der Waals surface area contributed by atoms with Crippen molar-refractivity contribution in [3.8, 4) is 0 Å². The van der Waals surface area contributed by atoms with E-state index in [9.17, 15) is 13.2 Å². The minimum Gasteiger partial charge on any atom is -0.322 e. The van der Waals surface area contributed by atoms with Crippen molar-refractivity contribution in [2.24, 2.45) is 13.0 Å². The molecule has 1 aliphatic heterocycles. The molecule has 1 N–H and O–H groups in total. The van der Waals surface area contributed by atoms with Crippen molar-refractivity contribution in [2.45, 2.75) is 31.6 Å². The topological polar surface area (TPSA) is 97.2 Å². The summed E-state index contributed by atoms with van der Waals surface area (Å²) in [7, 11) is -1.70. The highest BCUT2D eigenvalue weighted by molar-refractivity contribution is 7.89. The third-order valence-electron chi connectivity index (χ3n) is 5.62. The molecule has 4 rings (SSSR count). The Balaban J connectivity index is 1.49. The molecule has 8 nitrogen and oxygen atoms in total. The van der Waals surface area contributed by atoms with Crippen LogP contribution in [0.4, 0.5) is 5.69 Å². The van der Waals surface area contributed by atoms with E-state index in [4.69, 9.17) is 0 Å². The maximum absolute atomic E-state index is 12.8. The Hall–Kier alpha value is -2.78. The van der Waals surface area contributed by atoms with Gasteiger partial charge in [0.15, 0.2) is 5.65 Å². The van der Waals surface area contributed by atoms with Crippen molar-refractivity contribution in [3.05, 3.63) is 47.8 Å². The molecule has 9 heteroatoms. The number of anilines is 1. The molecule has 0 unspecified atom stereocenters. The average molecular weight is 428 g/mol. The highest BCUT2D eigenvalue weighted by Gasteiger charge is 2.28. The third-order valence-corrected chi connectivity index (χ3v) is 7.53. The van der Waals surface area contributed by atoms with E-state index < -0.39 is 10.0 Å². The van der Waals surface area contributed by atoms with E-state index in [1.807, 2.05) is 14.0 Å². The highest BCUT2D eigenvalue weighted by atomic mass is 32.2. The van der Waals surface area contributed by atoms with Gasteiger partial charge in [-0.1, -0.05) is 6.92 Å². The number of amides is 1. The second kappa shape index (κ2) is 7.81. The van der Waals surface area contributed by atoms with Gasteiger partial charge in [0, 0.05) is 37.4 Å². The van der Waals surface area contributed by atoms with Crippen LogP contribution in [0.25, 0.3) is 11.0 Å². The van der Waals surface area contributed by atoms with Crippen LogP contribution in [-0.4, -0.2) is 46.5 Å². The van der Waals surface area contributed by atoms with E-state index in [0.29, 0.717) is 35.9 Å². The Morgan fingerprint density at radius 1 is 1.17 bits per heavy atom. The number of hydrogen-bond acceptors (Lipinski definition) is 5. The quantitative estimate of drug-likeness (QED) is 0.690. The number of pyridine rings is 1. The molecule has 0 aliphatic carbocycles. The Kier molecular flexibility index (Phi) is 5.33. The third kappa shape index (κ3) is 3.82. The van der Waals surface area contributed by atoms with Crippen LogP contribution < -0.4 is 5.32 Å². The molecule has 0 radical (unpaired) electrons. The fourth-order valence-electron chi connectivity index (χ4n) is 3.72. The van der Waals surface area contributed by atoms with Gasteiger partial charge in [-0.15, -0.1) is 0 Å². The molecule has 0 bridgehead atoms. The summed E-state index contributed by atoms with van der Waals surface area (Å²) in [6.07, 6.45) is 3.26. The molecule has 3 aromatic rings. The lowest BCUT2D eigenvalue weighted by molar-refractivity contribution is 0.102. The zero-order valence-corrected chi connectivity index (χ0v) is 18.1. The number of piperidine rings is 1. The van der Waals surface area contributed by atoms with Gasteiger partial charge >= 0.3 is 0 Å². The summed E-state index contributed by atoms with van der Waals surface area (Å²) in [4.78, 5) is 17.2. The number of fused-ring (bicyclic) bond motifs is 1. The number of sulfonamides is 1. The summed E-state index contributed by atoms with van der Waals surface area (Å²) in [5, 5.41) is 7.93. The van der Waals surface area contributed by atoms with Crippen LogP contribution in [0.3, 0.4) is 0 Å². The van der Waals surface area contributed by atoms with E-state index in [1.165, 1.54) is 22.6 Å². The van der Waals surface area contributed by atoms with Crippen LogP contribution in [-0.2, 0) is 17.1 Å². The van der Waals surface area contributed by atoms with Crippen molar-refractivity contribution >= 4 is 32.7 Å². The zero-order valence-electron chi connectivity index (χ0n) is 17.3. The van der Waals surface area contributed by atoms with E-state index in [-0.39, 0.29) is 10.8 Å². The molecule has 3 heterocycles. The zero-order chi connectivity index (χ0) is 21.5. The van der Waals surface area contributed by atoms with E-state index in [1.54, 1.807) is 22.9 Å². The first kappa shape index (κ1) is 20.5. The molecule has 1 fully saturated rings. The monoisotopic (exact) mass is 427 g/mol. The van der Waals surface area contributed by atoms with Crippen molar-refractivity contribution in [3.63, 3.8) is 0 Å². The minimum atomic E-state index is -3.51. The van der Waals surface area contributed by atoms with Gasteiger partial charge < -0.3 is 5.32 Å². The summed E-state index contributed by atoms with van der Waals surface area (Å²) in [6.45, 7) is 5.11. The molecule has 1 saturated heterocycles. The van der Waals surface area contributed by atoms with Crippen molar-refractivity contribution < 1.29 is 13.2 Å². The summed E-state index contributed by atoms with van der Waals surface area (Å²) < 4.78 is 28.9. The number of rotatable bonds is 4. The first-order valence-corrected chi connectivity index (χ1v) is 11.4. The van der Waals surface area contributed by atoms with Gasteiger partial charge in [0.1, 0.15) is 0 Å². The predicted octanol–water partition coefficient (Wildman–Crippen LogP) is 2.95. The van der Waals surface area contributed by atoms with Crippen LogP contribution in [0.5, 0.6) is 0 Å². The van der Waals surface area contributed by atoms with Crippen LogP contribution >= 0.6 is 0 Å². The second-order valence-corrected chi connectivity index (χ2v) is 9.81. The second-order valence-electron chi connectivity index (χ2n) is 7.87. The molecule has 0 atom stereocenters. The lowest BCUT2D eigenvalue weighted by atomic mass is 10.0. The molecular weight excluding hydrogens is 402 g/mol. The molecule has 0 saturated carbocycles. The smallest absolute Gasteiger partial charge is 0.257 e. The minimum absolute atomic E-state index is 0.240. The summed E-state index contributed by atoms with van der Waals surface area (Å²) in [6, 6.07) is 8.05. The number of carbonyl (C=O) groups excluding carboxylic acids is 1. The molecule has 1 aromatic carbocycles. The standard InChI is InChI=1S/C21H25N5O3S/c1-14-8-10-26(11-9-14)30(28,29)18-6-4-17(5-7-18)23-21(27)16-12-19-15(2)24-25(3)20(19)22-13-16/h4-7,12-14H,8-11H2,1-3H3,(H,23,27). The Morgan fingerprint density at radius 3 is 2.50 bits per heavy atom. The molecule has 30 heavy (non-hydrogen) atoms.